The molecule has 0 aromatic rings. The molecule has 0 radical (unpaired) electrons. The predicted molar refractivity (Wildman–Crippen MR) is 34.4 cm³/mol. The number of allylic oxidation sites excluding steroid dienone is 3. The van der Waals surface area contributed by atoms with Gasteiger partial charge >= 0.3 is 0 Å². The zero-order valence-corrected chi connectivity index (χ0v) is 5.13. The monoisotopic (exact) mass is 123 g/mol. The molecule has 1 unspecified atom stereocenters. The molecule has 9 heavy (non-hydrogen) atoms. The lowest BCUT2D eigenvalue weighted by Crippen LogP contribution is -2.07. The van der Waals surface area contributed by atoms with Crippen molar-refractivity contribution in [2.24, 2.45) is 5.92 Å². The van der Waals surface area contributed by atoms with Gasteiger partial charge in [0, 0.05) is 11.6 Å². The summed E-state index contributed by atoms with van der Waals surface area (Å²) in [6, 6.07) is 0. The maximum absolute atomic E-state index is 5.03. The second-order valence-electron chi connectivity index (χ2n) is 2.40. The normalized spacial score (nSPS) is 31.1. The highest BCUT2D eigenvalue weighted by molar-refractivity contribution is 5.20. The van der Waals surface area contributed by atoms with Crippen LogP contribution in [0.1, 0.15) is 6.42 Å². The van der Waals surface area contributed by atoms with Crippen LogP contribution in [0.25, 0.3) is 0 Å². The van der Waals surface area contributed by atoms with Gasteiger partial charge in [0.1, 0.15) is 0 Å². The van der Waals surface area contributed by atoms with Crippen LogP contribution >= 0.6 is 0 Å². The van der Waals surface area contributed by atoms with Crippen molar-refractivity contribution in [3.8, 4) is 0 Å². The van der Waals surface area contributed by atoms with E-state index in [1.165, 1.54) is 5.70 Å². The smallest absolute Gasteiger partial charge is 0.0832 e. The molecule has 0 aromatic heterocycles. The molecular weight excluding hydrogens is 114 g/mol. The summed E-state index contributed by atoms with van der Waals surface area (Å²) in [7, 11) is 0. The van der Waals surface area contributed by atoms with E-state index >= 15 is 0 Å². The second-order valence-corrected chi connectivity index (χ2v) is 2.40. The lowest BCUT2D eigenvalue weighted by molar-refractivity contribution is 0.104. The van der Waals surface area contributed by atoms with Gasteiger partial charge in [-0.15, -0.1) is 0 Å². The fourth-order valence-corrected chi connectivity index (χ4v) is 1.18. The van der Waals surface area contributed by atoms with Gasteiger partial charge in [-0.3, -0.25) is 10.3 Å². The van der Waals surface area contributed by atoms with Crippen molar-refractivity contribution in [2.75, 3.05) is 6.61 Å². The first-order valence-corrected chi connectivity index (χ1v) is 3.21. The number of hydrogen-bond donors (Lipinski definition) is 1. The molecule has 48 valence electrons. The molecule has 1 saturated heterocycles. The van der Waals surface area contributed by atoms with Gasteiger partial charge in [-0.1, -0.05) is 12.2 Å². The first-order valence-electron chi connectivity index (χ1n) is 3.21. The summed E-state index contributed by atoms with van der Waals surface area (Å²) in [5.41, 5.74) is 4.10. The van der Waals surface area contributed by atoms with E-state index in [9.17, 15) is 0 Å². The van der Waals surface area contributed by atoms with Gasteiger partial charge in [0.2, 0.25) is 0 Å². The summed E-state index contributed by atoms with van der Waals surface area (Å²) in [5.74, 6) is 0.606. The van der Waals surface area contributed by atoms with Crippen LogP contribution in [0.5, 0.6) is 0 Å². The molecule has 1 atom stereocenters. The Kier molecular flexibility index (Phi) is 1.06. The van der Waals surface area contributed by atoms with E-state index in [4.69, 9.17) is 4.84 Å². The first-order chi connectivity index (χ1) is 4.47. The highest BCUT2D eigenvalue weighted by Gasteiger charge is 2.21. The van der Waals surface area contributed by atoms with Gasteiger partial charge in [0.05, 0.1) is 6.61 Å². The van der Waals surface area contributed by atoms with Crippen LogP contribution in [0.2, 0.25) is 0 Å². The van der Waals surface area contributed by atoms with Gasteiger partial charge in [-0.25, -0.2) is 0 Å². The van der Waals surface area contributed by atoms with Crippen LogP contribution < -0.4 is 5.48 Å². The van der Waals surface area contributed by atoms with Crippen LogP contribution in [-0.4, -0.2) is 6.61 Å². The summed E-state index contributed by atoms with van der Waals surface area (Å²) in [6.45, 7) is 0.830. The van der Waals surface area contributed by atoms with Crippen LogP contribution in [0.15, 0.2) is 23.9 Å². The molecule has 1 heterocycles. The molecule has 0 amide bonds. The lowest BCUT2D eigenvalue weighted by Gasteiger charge is -2.07. The minimum absolute atomic E-state index is 0.606. The molecule has 0 aromatic carbocycles. The van der Waals surface area contributed by atoms with Crippen LogP contribution in [0.4, 0.5) is 0 Å². The highest BCUT2D eigenvalue weighted by Crippen LogP contribution is 2.22. The van der Waals surface area contributed by atoms with E-state index in [0.29, 0.717) is 5.92 Å². The highest BCUT2D eigenvalue weighted by atomic mass is 16.7. The summed E-state index contributed by atoms with van der Waals surface area (Å²) in [4.78, 5) is 5.03. The van der Waals surface area contributed by atoms with Crippen LogP contribution in [0, 0.1) is 5.92 Å². The molecule has 1 N–H and O–H groups in total. The summed E-state index contributed by atoms with van der Waals surface area (Å²) < 4.78 is 0. The van der Waals surface area contributed by atoms with Gasteiger partial charge in [-0.2, -0.15) is 0 Å². The molecular formula is C7H9NO. The van der Waals surface area contributed by atoms with Crippen molar-refractivity contribution in [1.29, 1.82) is 0 Å². The predicted octanol–water partition coefficient (Wildman–Crippen LogP) is 0.981. The van der Waals surface area contributed by atoms with Crippen molar-refractivity contribution in [3.05, 3.63) is 23.9 Å². The summed E-state index contributed by atoms with van der Waals surface area (Å²) in [5, 5.41) is 0. The zero-order valence-electron chi connectivity index (χ0n) is 5.13. The van der Waals surface area contributed by atoms with E-state index in [-0.39, 0.29) is 0 Å². The quantitative estimate of drug-likeness (QED) is 0.518. The number of hydroxylamine groups is 1. The molecule has 1 fully saturated rings. The Morgan fingerprint density at radius 3 is 3.56 bits per heavy atom. The lowest BCUT2D eigenvalue weighted by atomic mass is 9.99. The molecule has 0 saturated carbocycles. The Morgan fingerprint density at radius 1 is 1.67 bits per heavy atom. The van der Waals surface area contributed by atoms with Gasteiger partial charge in [0.15, 0.2) is 0 Å². The van der Waals surface area contributed by atoms with Crippen molar-refractivity contribution >= 4 is 0 Å². The Morgan fingerprint density at radius 2 is 2.67 bits per heavy atom. The second kappa shape index (κ2) is 1.88. The Balaban J connectivity index is 2.23. The van der Waals surface area contributed by atoms with Gasteiger partial charge in [0.25, 0.3) is 0 Å². The minimum Gasteiger partial charge on any atom is -0.276 e. The Hall–Kier alpha value is -0.760. The van der Waals surface area contributed by atoms with Crippen molar-refractivity contribution < 1.29 is 4.84 Å². The standard InChI is InChI=1S/C7H9NO/c1-2-4-7-6(3-1)5-9-8-7/h1-2,4,6,8H,3,5H2. The third kappa shape index (κ3) is 0.754. The SMILES string of the molecule is C1=CCC2CONC2=C1. The van der Waals surface area contributed by atoms with Crippen molar-refractivity contribution in [1.82, 2.24) is 5.48 Å². The third-order valence-electron chi connectivity index (χ3n) is 1.75. The van der Waals surface area contributed by atoms with Crippen LogP contribution in [0.3, 0.4) is 0 Å². The van der Waals surface area contributed by atoms with Crippen molar-refractivity contribution in [2.45, 2.75) is 6.42 Å². The molecule has 2 rings (SSSR count). The van der Waals surface area contributed by atoms with E-state index in [2.05, 4.69) is 23.7 Å². The molecule has 2 heteroatoms. The van der Waals surface area contributed by atoms with Gasteiger partial charge < -0.3 is 0 Å². The number of nitrogens with one attached hydrogen (secondary N) is 1. The van der Waals surface area contributed by atoms with E-state index < -0.39 is 0 Å². The molecule has 0 spiro atoms. The third-order valence-corrected chi connectivity index (χ3v) is 1.75. The topological polar surface area (TPSA) is 21.3 Å². The maximum Gasteiger partial charge on any atom is 0.0832 e. The van der Waals surface area contributed by atoms with E-state index in [1.807, 2.05) is 0 Å². The first kappa shape index (κ1) is 5.06. The average molecular weight is 123 g/mol. The molecule has 1 aliphatic carbocycles. The van der Waals surface area contributed by atoms with Gasteiger partial charge in [-0.05, 0) is 12.5 Å². The number of hydrogen-bond acceptors (Lipinski definition) is 2. The minimum atomic E-state index is 0.606. The maximum atomic E-state index is 5.03. The fraction of sp³-hybridized carbons (Fsp3) is 0.429. The number of rotatable bonds is 0. The molecule has 2 nitrogen and oxygen atoms in total. The molecule has 1 aliphatic heterocycles. The summed E-state index contributed by atoms with van der Waals surface area (Å²) >= 11 is 0. The molecule has 0 bridgehead atoms. The average Bonchev–Trinajstić information content (AvgIpc) is 2.33. The Bertz CT molecular complexity index is 172. The van der Waals surface area contributed by atoms with E-state index in [1.54, 1.807) is 0 Å². The summed E-state index contributed by atoms with van der Waals surface area (Å²) in [6.07, 6.45) is 7.43. The fourth-order valence-electron chi connectivity index (χ4n) is 1.18. The largest absolute Gasteiger partial charge is 0.276 e. The van der Waals surface area contributed by atoms with Crippen LogP contribution in [-0.2, 0) is 4.84 Å². The van der Waals surface area contributed by atoms with E-state index in [0.717, 1.165) is 13.0 Å². The Labute approximate surface area is 54.2 Å². The van der Waals surface area contributed by atoms with Crippen molar-refractivity contribution in [3.63, 3.8) is 0 Å². The zero-order chi connectivity index (χ0) is 6.10. The molecule has 2 aliphatic rings. The number of fused-ring (bicyclic) bond motifs is 1.